The van der Waals surface area contributed by atoms with E-state index in [2.05, 4.69) is 10.3 Å². The Morgan fingerprint density at radius 2 is 1.86 bits per heavy atom. The van der Waals surface area contributed by atoms with Crippen LogP contribution < -0.4 is 24.3 Å². The summed E-state index contributed by atoms with van der Waals surface area (Å²) in [5, 5.41) is 2.88. The molecular weight excluding hydrogens is 362 g/mol. The fourth-order valence-electron chi connectivity index (χ4n) is 3.12. The maximum Gasteiger partial charge on any atom is 0.321 e. The first-order valence-electron chi connectivity index (χ1n) is 9.00. The summed E-state index contributed by atoms with van der Waals surface area (Å²) in [4.78, 5) is 18.7. The summed E-state index contributed by atoms with van der Waals surface area (Å²) in [7, 11) is 4.60. The molecule has 1 N–H and O–H groups in total. The Morgan fingerprint density at radius 3 is 2.46 bits per heavy atom. The summed E-state index contributed by atoms with van der Waals surface area (Å²) in [5.74, 6) is 2.01. The van der Waals surface area contributed by atoms with Gasteiger partial charge in [0.25, 0.3) is 0 Å². The number of rotatable bonds is 6. The van der Waals surface area contributed by atoms with Gasteiger partial charge in [-0.3, -0.25) is 0 Å². The molecule has 2 heterocycles. The Balaban J connectivity index is 1.64. The molecule has 3 rings (SSSR count). The highest BCUT2D eigenvalue weighted by atomic mass is 16.5. The third-order valence-corrected chi connectivity index (χ3v) is 4.50. The summed E-state index contributed by atoms with van der Waals surface area (Å²) in [6.45, 7) is 3.01. The van der Waals surface area contributed by atoms with Gasteiger partial charge in [-0.1, -0.05) is 6.07 Å². The van der Waals surface area contributed by atoms with Gasteiger partial charge in [0.2, 0.25) is 11.6 Å². The molecule has 8 nitrogen and oxygen atoms in total. The minimum Gasteiger partial charge on any atom is -0.493 e. The molecule has 1 aliphatic rings. The van der Waals surface area contributed by atoms with E-state index in [4.69, 9.17) is 18.9 Å². The zero-order valence-electron chi connectivity index (χ0n) is 16.5. The number of nitrogens with zero attached hydrogens (tertiary/aromatic N) is 2. The molecular formula is C20H25N3O5. The molecule has 2 amide bonds. The number of aryl methyl sites for hydroxylation is 1. The van der Waals surface area contributed by atoms with Crippen molar-refractivity contribution in [3.05, 3.63) is 36.0 Å². The van der Waals surface area contributed by atoms with Crippen LogP contribution in [0.15, 0.2) is 30.3 Å². The van der Waals surface area contributed by atoms with Gasteiger partial charge in [0.15, 0.2) is 11.5 Å². The van der Waals surface area contributed by atoms with Crippen LogP contribution in [0.4, 0.5) is 10.5 Å². The van der Waals surface area contributed by atoms with Gasteiger partial charge in [0.05, 0.1) is 33.6 Å². The Kier molecular flexibility index (Phi) is 6.08. The number of urea groups is 1. The first-order chi connectivity index (χ1) is 13.5. The molecule has 1 aromatic carbocycles. The van der Waals surface area contributed by atoms with Crippen molar-refractivity contribution in [3.63, 3.8) is 0 Å². The van der Waals surface area contributed by atoms with Gasteiger partial charge in [-0.15, -0.1) is 0 Å². The highest BCUT2D eigenvalue weighted by Gasteiger charge is 2.28. The first kappa shape index (κ1) is 19.6. The van der Waals surface area contributed by atoms with E-state index in [9.17, 15) is 4.79 Å². The van der Waals surface area contributed by atoms with Gasteiger partial charge in [-0.2, -0.15) is 0 Å². The number of ether oxygens (including phenoxy) is 4. The molecule has 1 aromatic heterocycles. The molecule has 8 heteroatoms. The maximum absolute atomic E-state index is 12.7. The van der Waals surface area contributed by atoms with E-state index < -0.39 is 0 Å². The number of benzene rings is 1. The van der Waals surface area contributed by atoms with Crippen molar-refractivity contribution in [2.45, 2.75) is 19.4 Å². The van der Waals surface area contributed by atoms with Crippen LogP contribution in [0.25, 0.3) is 0 Å². The zero-order valence-corrected chi connectivity index (χ0v) is 16.5. The lowest BCUT2D eigenvalue weighted by Crippen LogP contribution is -2.34. The van der Waals surface area contributed by atoms with Crippen LogP contribution in [0, 0.1) is 6.92 Å². The van der Waals surface area contributed by atoms with E-state index >= 15 is 0 Å². The van der Waals surface area contributed by atoms with Crippen molar-refractivity contribution in [3.8, 4) is 23.1 Å². The van der Waals surface area contributed by atoms with E-state index in [0.717, 1.165) is 12.1 Å². The molecule has 28 heavy (non-hydrogen) atoms. The largest absolute Gasteiger partial charge is 0.493 e. The minimum absolute atomic E-state index is 0.0833. The fraction of sp³-hybridized carbons (Fsp3) is 0.400. The number of amides is 2. The van der Waals surface area contributed by atoms with Crippen molar-refractivity contribution in [2.75, 3.05) is 39.7 Å². The second kappa shape index (κ2) is 8.69. The summed E-state index contributed by atoms with van der Waals surface area (Å²) in [5.41, 5.74) is 1.46. The fourth-order valence-corrected chi connectivity index (χ4v) is 3.12. The van der Waals surface area contributed by atoms with Gasteiger partial charge in [-0.05, 0) is 13.0 Å². The lowest BCUT2D eigenvalue weighted by atomic mass is 10.2. The van der Waals surface area contributed by atoms with Crippen LogP contribution in [0.5, 0.6) is 23.1 Å². The first-order valence-corrected chi connectivity index (χ1v) is 9.00. The Morgan fingerprint density at radius 1 is 1.14 bits per heavy atom. The number of carbonyl (C=O) groups excluding carboxylic acids is 1. The van der Waals surface area contributed by atoms with Gasteiger partial charge in [-0.25, -0.2) is 9.78 Å². The zero-order chi connectivity index (χ0) is 20.1. The Labute approximate surface area is 164 Å². The molecule has 1 fully saturated rings. The number of anilines is 1. The smallest absolute Gasteiger partial charge is 0.321 e. The molecule has 0 bridgehead atoms. The normalized spacial score (nSPS) is 15.9. The standard InChI is InChI=1S/C20H25N3O5/c1-13-6-5-7-18(21-13)28-15-8-9-23(12-15)20(24)22-14-10-16(25-2)19(27-4)17(11-14)26-3/h5-7,10-11,15H,8-9,12H2,1-4H3,(H,22,24). The van der Waals surface area contributed by atoms with E-state index in [-0.39, 0.29) is 12.1 Å². The van der Waals surface area contributed by atoms with Gasteiger partial charge in [0.1, 0.15) is 6.10 Å². The lowest BCUT2D eigenvalue weighted by molar-refractivity contribution is 0.189. The van der Waals surface area contributed by atoms with E-state index in [1.807, 2.05) is 25.1 Å². The molecule has 0 spiro atoms. The van der Waals surface area contributed by atoms with Gasteiger partial charge in [0, 0.05) is 36.9 Å². The summed E-state index contributed by atoms with van der Waals surface area (Å²) in [6.07, 6.45) is 0.665. The van der Waals surface area contributed by atoms with Crippen LogP contribution in [-0.2, 0) is 0 Å². The topological polar surface area (TPSA) is 82.2 Å². The number of methoxy groups -OCH3 is 3. The summed E-state index contributed by atoms with van der Waals surface area (Å²) < 4.78 is 21.8. The molecule has 1 atom stereocenters. The van der Waals surface area contributed by atoms with Crippen LogP contribution in [-0.4, -0.2) is 56.4 Å². The van der Waals surface area contributed by atoms with Gasteiger partial charge >= 0.3 is 6.03 Å². The molecule has 0 radical (unpaired) electrons. The summed E-state index contributed by atoms with van der Waals surface area (Å²) >= 11 is 0. The Hall–Kier alpha value is -3.16. The number of hydrogen-bond acceptors (Lipinski definition) is 6. The highest BCUT2D eigenvalue weighted by molar-refractivity contribution is 5.90. The lowest BCUT2D eigenvalue weighted by Gasteiger charge is -2.19. The predicted octanol–water partition coefficient (Wildman–Crippen LogP) is 3.10. The second-order valence-corrected chi connectivity index (χ2v) is 6.44. The number of carbonyl (C=O) groups is 1. The van der Waals surface area contributed by atoms with Crippen LogP contribution in [0.1, 0.15) is 12.1 Å². The minimum atomic E-state index is -0.211. The van der Waals surface area contributed by atoms with Crippen LogP contribution in [0.2, 0.25) is 0 Å². The average Bonchev–Trinajstić information content (AvgIpc) is 3.15. The quantitative estimate of drug-likeness (QED) is 0.820. The average molecular weight is 387 g/mol. The maximum atomic E-state index is 12.7. The van der Waals surface area contributed by atoms with Crippen molar-refractivity contribution in [1.82, 2.24) is 9.88 Å². The SMILES string of the molecule is COc1cc(NC(=O)N2CCC(Oc3cccc(C)n3)C2)cc(OC)c1OC. The molecule has 0 saturated carbocycles. The number of aromatic nitrogens is 1. The van der Waals surface area contributed by atoms with Crippen LogP contribution >= 0.6 is 0 Å². The number of hydrogen-bond donors (Lipinski definition) is 1. The van der Waals surface area contributed by atoms with E-state index in [1.54, 1.807) is 17.0 Å². The molecule has 150 valence electrons. The van der Waals surface area contributed by atoms with E-state index in [1.165, 1.54) is 21.3 Å². The number of likely N-dealkylation sites (tertiary alicyclic amines) is 1. The Bertz CT molecular complexity index is 817. The van der Waals surface area contributed by atoms with Crippen molar-refractivity contribution < 1.29 is 23.7 Å². The third-order valence-electron chi connectivity index (χ3n) is 4.50. The van der Waals surface area contributed by atoms with Crippen LogP contribution in [0.3, 0.4) is 0 Å². The van der Waals surface area contributed by atoms with E-state index in [0.29, 0.717) is 41.9 Å². The monoisotopic (exact) mass is 387 g/mol. The highest BCUT2D eigenvalue weighted by Crippen LogP contribution is 2.40. The molecule has 1 aliphatic heterocycles. The van der Waals surface area contributed by atoms with Crippen molar-refractivity contribution in [2.24, 2.45) is 0 Å². The molecule has 1 saturated heterocycles. The van der Waals surface area contributed by atoms with Crippen molar-refractivity contribution >= 4 is 11.7 Å². The summed E-state index contributed by atoms with van der Waals surface area (Å²) in [6, 6.07) is 8.82. The second-order valence-electron chi connectivity index (χ2n) is 6.44. The molecule has 1 unspecified atom stereocenters. The molecule has 2 aromatic rings. The van der Waals surface area contributed by atoms with Gasteiger partial charge < -0.3 is 29.2 Å². The number of nitrogens with one attached hydrogen (secondary N) is 1. The number of pyridine rings is 1. The predicted molar refractivity (Wildman–Crippen MR) is 105 cm³/mol. The third kappa shape index (κ3) is 4.39. The van der Waals surface area contributed by atoms with Crippen molar-refractivity contribution in [1.29, 1.82) is 0 Å². The molecule has 0 aliphatic carbocycles.